The fourth-order valence-electron chi connectivity index (χ4n) is 3.63. The standard InChI is InChI=1S/C24H23ClN2O5S/c1-26(18-7-9-19(31-2)10-8-18)24(28)16-32-23-12-11-20(15-21(23)25)33(29,30)27-14-13-17-5-3-4-6-22(17)27/h3-12,15H,13-14,16H2,1-2H3. The van der Waals surface area contributed by atoms with E-state index < -0.39 is 10.0 Å². The number of nitrogens with zero attached hydrogens (tertiary/aromatic N) is 2. The van der Waals surface area contributed by atoms with Gasteiger partial charge >= 0.3 is 0 Å². The molecular formula is C24H23ClN2O5S. The molecular weight excluding hydrogens is 464 g/mol. The maximum absolute atomic E-state index is 13.2. The number of anilines is 2. The van der Waals surface area contributed by atoms with Crippen LogP contribution in [0.4, 0.5) is 11.4 Å². The smallest absolute Gasteiger partial charge is 0.264 e. The molecule has 0 aliphatic carbocycles. The zero-order valence-electron chi connectivity index (χ0n) is 18.2. The molecule has 7 nitrogen and oxygen atoms in total. The minimum Gasteiger partial charge on any atom is -0.497 e. The van der Waals surface area contributed by atoms with Crippen molar-refractivity contribution in [3.05, 3.63) is 77.3 Å². The Bertz CT molecular complexity index is 1280. The summed E-state index contributed by atoms with van der Waals surface area (Å²) >= 11 is 6.31. The number of sulfonamides is 1. The highest BCUT2D eigenvalue weighted by Gasteiger charge is 2.31. The number of hydrogen-bond donors (Lipinski definition) is 0. The molecule has 0 radical (unpaired) electrons. The van der Waals surface area contributed by atoms with Crippen molar-refractivity contribution in [2.75, 3.05) is 36.5 Å². The molecule has 0 aromatic heterocycles. The molecule has 0 bridgehead atoms. The fourth-order valence-corrected chi connectivity index (χ4v) is 5.46. The molecule has 3 aromatic carbocycles. The van der Waals surface area contributed by atoms with Crippen LogP contribution in [0.15, 0.2) is 71.6 Å². The van der Waals surface area contributed by atoms with Gasteiger partial charge in [0, 0.05) is 19.3 Å². The molecule has 9 heteroatoms. The van der Waals surface area contributed by atoms with E-state index >= 15 is 0 Å². The van der Waals surface area contributed by atoms with E-state index in [1.54, 1.807) is 44.5 Å². The summed E-state index contributed by atoms with van der Waals surface area (Å²) < 4.78 is 38.4. The van der Waals surface area contributed by atoms with Crippen LogP contribution in [0.25, 0.3) is 0 Å². The number of halogens is 1. The van der Waals surface area contributed by atoms with Gasteiger partial charge in [0.2, 0.25) is 0 Å². The lowest BCUT2D eigenvalue weighted by atomic mass is 10.2. The Morgan fingerprint density at radius 2 is 1.82 bits per heavy atom. The van der Waals surface area contributed by atoms with Crippen LogP contribution in [-0.4, -0.2) is 41.6 Å². The summed E-state index contributed by atoms with van der Waals surface area (Å²) in [6.45, 7) is 0.123. The van der Waals surface area contributed by atoms with Gasteiger partial charge in [0.05, 0.1) is 22.7 Å². The highest BCUT2D eigenvalue weighted by atomic mass is 35.5. The Hall–Kier alpha value is -3.23. The lowest BCUT2D eigenvalue weighted by Crippen LogP contribution is -2.31. The van der Waals surface area contributed by atoms with E-state index in [0.29, 0.717) is 30.1 Å². The van der Waals surface area contributed by atoms with Gasteiger partial charge in [-0.1, -0.05) is 29.8 Å². The van der Waals surface area contributed by atoms with Crippen molar-refractivity contribution in [1.29, 1.82) is 0 Å². The van der Waals surface area contributed by atoms with Crippen LogP contribution < -0.4 is 18.7 Å². The third-order valence-electron chi connectivity index (χ3n) is 5.52. The molecule has 0 atom stereocenters. The predicted octanol–water partition coefficient (Wildman–Crippen LogP) is 4.14. The fraction of sp³-hybridized carbons (Fsp3) is 0.208. The van der Waals surface area contributed by atoms with Gasteiger partial charge in [-0.15, -0.1) is 0 Å². The van der Waals surface area contributed by atoms with Crippen LogP contribution in [0.1, 0.15) is 5.56 Å². The summed E-state index contributed by atoms with van der Waals surface area (Å²) in [4.78, 5) is 14.0. The molecule has 0 saturated carbocycles. The van der Waals surface area contributed by atoms with Gasteiger partial charge < -0.3 is 14.4 Å². The number of ether oxygens (including phenoxy) is 2. The first-order valence-electron chi connectivity index (χ1n) is 10.2. The molecule has 0 saturated heterocycles. The number of fused-ring (bicyclic) bond motifs is 1. The van der Waals surface area contributed by atoms with E-state index in [2.05, 4.69) is 0 Å². The van der Waals surface area contributed by atoms with Gasteiger partial charge in [0.25, 0.3) is 15.9 Å². The topological polar surface area (TPSA) is 76.1 Å². The first-order valence-corrected chi connectivity index (χ1v) is 12.1. The second-order valence-electron chi connectivity index (χ2n) is 7.49. The number of hydrogen-bond acceptors (Lipinski definition) is 5. The monoisotopic (exact) mass is 486 g/mol. The summed E-state index contributed by atoms with van der Waals surface area (Å²) in [6.07, 6.45) is 0.661. The van der Waals surface area contributed by atoms with E-state index in [-0.39, 0.29) is 28.2 Å². The molecule has 0 spiro atoms. The van der Waals surface area contributed by atoms with Crippen molar-refractivity contribution in [1.82, 2.24) is 0 Å². The van der Waals surface area contributed by atoms with Crippen LogP contribution in [0.2, 0.25) is 5.02 Å². The number of likely N-dealkylation sites (N-methyl/N-ethyl adjacent to an activating group) is 1. The van der Waals surface area contributed by atoms with Crippen LogP contribution in [0.3, 0.4) is 0 Å². The van der Waals surface area contributed by atoms with Gasteiger partial charge in [0.15, 0.2) is 6.61 Å². The van der Waals surface area contributed by atoms with Crippen LogP contribution in [-0.2, 0) is 21.2 Å². The largest absolute Gasteiger partial charge is 0.497 e. The molecule has 0 fully saturated rings. The lowest BCUT2D eigenvalue weighted by Gasteiger charge is -2.20. The van der Waals surface area contributed by atoms with Gasteiger partial charge in [-0.2, -0.15) is 0 Å². The van der Waals surface area contributed by atoms with Gasteiger partial charge in [-0.3, -0.25) is 9.10 Å². The zero-order chi connectivity index (χ0) is 23.6. The van der Waals surface area contributed by atoms with Crippen LogP contribution in [0.5, 0.6) is 11.5 Å². The predicted molar refractivity (Wildman–Crippen MR) is 128 cm³/mol. The van der Waals surface area contributed by atoms with E-state index in [1.807, 2.05) is 18.2 Å². The molecule has 172 valence electrons. The van der Waals surface area contributed by atoms with Crippen molar-refractivity contribution >= 4 is 38.9 Å². The Morgan fingerprint density at radius 3 is 2.52 bits per heavy atom. The molecule has 1 aliphatic heterocycles. The molecule has 1 aliphatic rings. The first-order chi connectivity index (χ1) is 15.8. The number of carbonyl (C=O) groups excluding carboxylic acids is 1. The molecule has 4 rings (SSSR count). The van der Waals surface area contributed by atoms with Crippen molar-refractivity contribution in [2.24, 2.45) is 0 Å². The van der Waals surface area contributed by atoms with E-state index in [4.69, 9.17) is 21.1 Å². The summed E-state index contributed by atoms with van der Waals surface area (Å²) in [6, 6.07) is 18.7. The quantitative estimate of drug-likeness (QED) is 0.501. The number of rotatable bonds is 7. The van der Waals surface area contributed by atoms with Gasteiger partial charge in [-0.25, -0.2) is 8.42 Å². The number of methoxy groups -OCH3 is 1. The Morgan fingerprint density at radius 1 is 1.09 bits per heavy atom. The first kappa shape index (κ1) is 22.9. The van der Waals surface area contributed by atoms with E-state index in [1.165, 1.54) is 27.4 Å². The number of benzene rings is 3. The van der Waals surface area contributed by atoms with Crippen molar-refractivity contribution < 1.29 is 22.7 Å². The maximum Gasteiger partial charge on any atom is 0.264 e. The minimum absolute atomic E-state index is 0.0678. The number of amides is 1. The highest BCUT2D eigenvalue weighted by molar-refractivity contribution is 7.92. The average Bonchev–Trinajstić information content (AvgIpc) is 3.27. The van der Waals surface area contributed by atoms with Crippen molar-refractivity contribution in [3.63, 3.8) is 0 Å². The van der Waals surface area contributed by atoms with E-state index in [0.717, 1.165) is 5.56 Å². The molecule has 1 heterocycles. The SMILES string of the molecule is COc1ccc(N(C)C(=O)COc2ccc(S(=O)(=O)N3CCc4ccccc43)cc2Cl)cc1. The molecule has 0 unspecified atom stereocenters. The van der Waals surface area contributed by atoms with Gasteiger partial charge in [-0.05, 0) is 60.5 Å². The second-order valence-corrected chi connectivity index (χ2v) is 9.76. The molecule has 33 heavy (non-hydrogen) atoms. The Labute approximate surface area is 198 Å². The normalized spacial score (nSPS) is 12.9. The van der Waals surface area contributed by atoms with Crippen LogP contribution >= 0.6 is 11.6 Å². The lowest BCUT2D eigenvalue weighted by molar-refractivity contribution is -0.120. The van der Waals surface area contributed by atoms with Crippen molar-refractivity contribution in [3.8, 4) is 11.5 Å². The second kappa shape index (κ2) is 9.33. The van der Waals surface area contributed by atoms with Crippen LogP contribution in [0, 0.1) is 0 Å². The zero-order valence-corrected chi connectivity index (χ0v) is 19.8. The van der Waals surface area contributed by atoms with Crippen molar-refractivity contribution in [2.45, 2.75) is 11.3 Å². The average molecular weight is 487 g/mol. The summed E-state index contributed by atoms with van der Waals surface area (Å²) in [7, 11) is -0.561. The molecule has 0 N–H and O–H groups in total. The highest BCUT2D eigenvalue weighted by Crippen LogP contribution is 2.35. The van der Waals surface area contributed by atoms with Gasteiger partial charge in [0.1, 0.15) is 11.5 Å². The third-order valence-corrected chi connectivity index (χ3v) is 7.63. The third kappa shape index (κ3) is 4.62. The summed E-state index contributed by atoms with van der Waals surface area (Å²) in [5.41, 5.74) is 2.36. The molecule has 1 amide bonds. The minimum atomic E-state index is -3.77. The Kier molecular flexibility index (Phi) is 6.49. The Balaban J connectivity index is 1.45. The summed E-state index contributed by atoms with van der Waals surface area (Å²) in [5, 5.41) is 0.114. The summed E-state index contributed by atoms with van der Waals surface area (Å²) in [5.74, 6) is 0.630. The van der Waals surface area contributed by atoms with E-state index in [9.17, 15) is 13.2 Å². The molecule has 3 aromatic rings. The maximum atomic E-state index is 13.2. The number of carbonyl (C=O) groups is 1. The number of para-hydroxylation sites is 1.